The standard InChI is InChI=1S/C31H30F6N6O4S/c1-17-6-7-19(24(13-26(44)45)23-8-10-43-27(18(23)2)39-40-29(43)31(35,36)37)11-20(17)15-41-16-22-5-3-4-9-42(22)28-25(48(41,46)47)12-21(14-38-28)30(32,33)34/h6-8,10-12,14,22,24H,3-5,9,13,15-16H2,1-2H3,(H,44,45)/t22?,24-/m0/s1. The Bertz CT molecular complexity index is 2010. The molecule has 1 fully saturated rings. The van der Waals surface area contributed by atoms with Crippen molar-refractivity contribution in [2.45, 2.75) is 75.3 Å². The van der Waals surface area contributed by atoms with Crippen LogP contribution in [0.25, 0.3) is 5.65 Å². The number of carbonyl (C=O) groups is 1. The van der Waals surface area contributed by atoms with Crippen molar-refractivity contribution in [3.05, 3.63) is 81.9 Å². The Morgan fingerprint density at radius 1 is 1.04 bits per heavy atom. The zero-order valence-corrected chi connectivity index (χ0v) is 26.5. The number of anilines is 1. The van der Waals surface area contributed by atoms with Crippen LogP contribution in [0.2, 0.25) is 0 Å². The fourth-order valence-corrected chi connectivity index (χ4v) is 8.24. The highest BCUT2D eigenvalue weighted by molar-refractivity contribution is 7.89. The summed E-state index contributed by atoms with van der Waals surface area (Å²) >= 11 is 0. The van der Waals surface area contributed by atoms with Gasteiger partial charge in [-0.05, 0) is 73.1 Å². The van der Waals surface area contributed by atoms with Gasteiger partial charge < -0.3 is 10.0 Å². The monoisotopic (exact) mass is 696 g/mol. The van der Waals surface area contributed by atoms with Crippen LogP contribution in [0.15, 0.2) is 47.6 Å². The van der Waals surface area contributed by atoms with Crippen LogP contribution >= 0.6 is 0 Å². The zero-order valence-electron chi connectivity index (χ0n) is 25.7. The third-order valence-electron chi connectivity index (χ3n) is 9.09. The number of alkyl halides is 6. The second-order valence-electron chi connectivity index (χ2n) is 12.1. The molecule has 0 bridgehead atoms. The van der Waals surface area contributed by atoms with E-state index in [1.807, 2.05) is 0 Å². The lowest BCUT2D eigenvalue weighted by Crippen LogP contribution is -2.45. The first kappa shape index (κ1) is 33.6. The minimum absolute atomic E-state index is 0.00748. The second kappa shape index (κ2) is 12.0. The molecule has 4 aromatic rings. The first-order valence-electron chi connectivity index (χ1n) is 15.0. The quantitative estimate of drug-likeness (QED) is 0.246. The molecule has 256 valence electrons. The van der Waals surface area contributed by atoms with Crippen LogP contribution in [0.3, 0.4) is 0 Å². The highest BCUT2D eigenvalue weighted by Crippen LogP contribution is 2.40. The molecule has 2 aliphatic rings. The Kier molecular flexibility index (Phi) is 8.42. The van der Waals surface area contributed by atoms with E-state index >= 15 is 0 Å². The third-order valence-corrected chi connectivity index (χ3v) is 10.9. The number of aliphatic carboxylic acids is 1. The Balaban J connectivity index is 1.42. The van der Waals surface area contributed by atoms with Crippen LogP contribution in [0.4, 0.5) is 32.2 Å². The fraction of sp³-hybridized carbons (Fsp3) is 0.419. The topological polar surface area (TPSA) is 121 Å². The smallest absolute Gasteiger partial charge is 0.452 e. The number of pyridine rings is 2. The van der Waals surface area contributed by atoms with Crippen LogP contribution in [0.5, 0.6) is 0 Å². The summed E-state index contributed by atoms with van der Waals surface area (Å²) in [6, 6.07) is 6.66. The number of hydrogen-bond acceptors (Lipinski definition) is 7. The van der Waals surface area contributed by atoms with E-state index in [9.17, 15) is 44.7 Å². The highest BCUT2D eigenvalue weighted by atomic mass is 32.2. The molecule has 1 aromatic carbocycles. The van der Waals surface area contributed by atoms with Crippen molar-refractivity contribution in [3.8, 4) is 0 Å². The van der Waals surface area contributed by atoms with Crippen LogP contribution in [0, 0.1) is 13.8 Å². The van der Waals surface area contributed by atoms with Crippen molar-refractivity contribution >= 4 is 27.5 Å². The van der Waals surface area contributed by atoms with Crippen LogP contribution in [0.1, 0.15) is 70.8 Å². The molecule has 1 N–H and O–H groups in total. The molecule has 2 atom stereocenters. The number of aryl methyl sites for hydroxylation is 2. The van der Waals surface area contributed by atoms with Crippen LogP contribution in [-0.4, -0.2) is 62.5 Å². The number of rotatable bonds is 6. The number of halogens is 6. The van der Waals surface area contributed by atoms with E-state index in [4.69, 9.17) is 0 Å². The van der Waals surface area contributed by atoms with E-state index < -0.39 is 57.0 Å². The number of sulfonamides is 1. The molecule has 0 spiro atoms. The predicted molar refractivity (Wildman–Crippen MR) is 160 cm³/mol. The van der Waals surface area contributed by atoms with Gasteiger partial charge in [0.15, 0.2) is 5.65 Å². The molecule has 5 heterocycles. The normalized spacial score (nSPS) is 19.1. The maximum atomic E-state index is 14.1. The van der Waals surface area contributed by atoms with Gasteiger partial charge in [-0.3, -0.25) is 9.20 Å². The predicted octanol–water partition coefficient (Wildman–Crippen LogP) is 5.95. The Labute approximate surface area is 271 Å². The molecule has 1 unspecified atom stereocenters. The zero-order chi connectivity index (χ0) is 34.8. The van der Waals surface area contributed by atoms with Gasteiger partial charge in [0, 0.05) is 44.0 Å². The minimum Gasteiger partial charge on any atom is -0.481 e. The fourth-order valence-electron chi connectivity index (χ4n) is 6.61. The van der Waals surface area contributed by atoms with E-state index in [0.29, 0.717) is 47.5 Å². The highest BCUT2D eigenvalue weighted by Gasteiger charge is 2.42. The molecule has 48 heavy (non-hydrogen) atoms. The molecule has 0 radical (unpaired) electrons. The summed E-state index contributed by atoms with van der Waals surface area (Å²) in [7, 11) is -4.50. The van der Waals surface area contributed by atoms with Gasteiger partial charge in [-0.15, -0.1) is 10.2 Å². The molecular weight excluding hydrogens is 666 g/mol. The van der Waals surface area contributed by atoms with Gasteiger partial charge in [0.1, 0.15) is 10.7 Å². The minimum atomic E-state index is -4.82. The molecule has 6 rings (SSSR count). The van der Waals surface area contributed by atoms with Gasteiger partial charge in [-0.2, -0.15) is 30.6 Å². The van der Waals surface area contributed by atoms with E-state index in [1.54, 1.807) is 30.0 Å². The molecule has 0 aliphatic carbocycles. The average molecular weight is 697 g/mol. The molecule has 2 aliphatic heterocycles. The number of carboxylic acids is 1. The summed E-state index contributed by atoms with van der Waals surface area (Å²) in [6.45, 7) is 3.45. The molecule has 0 saturated carbocycles. The Hall–Kier alpha value is -4.25. The number of benzene rings is 1. The van der Waals surface area contributed by atoms with Crippen LogP contribution < -0.4 is 4.90 Å². The summed E-state index contributed by atoms with van der Waals surface area (Å²) in [5.41, 5.74) is 0.978. The molecule has 17 heteroatoms. The second-order valence-corrected chi connectivity index (χ2v) is 14.0. The van der Waals surface area contributed by atoms with Gasteiger partial charge in [0.05, 0.1) is 12.0 Å². The van der Waals surface area contributed by atoms with Gasteiger partial charge in [0.2, 0.25) is 15.8 Å². The van der Waals surface area contributed by atoms with Crippen molar-refractivity contribution in [3.63, 3.8) is 0 Å². The van der Waals surface area contributed by atoms with E-state index in [1.165, 1.54) is 13.0 Å². The van der Waals surface area contributed by atoms with Gasteiger partial charge in [0.25, 0.3) is 0 Å². The summed E-state index contributed by atoms with van der Waals surface area (Å²) < 4.78 is 112. The lowest BCUT2D eigenvalue weighted by atomic mass is 9.85. The Morgan fingerprint density at radius 2 is 1.79 bits per heavy atom. The molecular formula is C31H30F6N6O4S. The maximum absolute atomic E-state index is 14.1. The van der Waals surface area contributed by atoms with Gasteiger partial charge in [-0.25, -0.2) is 13.4 Å². The lowest BCUT2D eigenvalue weighted by Gasteiger charge is -2.36. The average Bonchev–Trinajstić information content (AvgIpc) is 3.43. The first-order valence-corrected chi connectivity index (χ1v) is 16.5. The maximum Gasteiger partial charge on any atom is 0.452 e. The van der Waals surface area contributed by atoms with E-state index in [2.05, 4.69) is 15.2 Å². The van der Waals surface area contributed by atoms with Gasteiger partial charge in [-0.1, -0.05) is 18.2 Å². The molecule has 0 amide bonds. The van der Waals surface area contributed by atoms with Gasteiger partial charge >= 0.3 is 18.3 Å². The van der Waals surface area contributed by atoms with Crippen molar-refractivity contribution in [1.29, 1.82) is 0 Å². The molecule has 3 aromatic heterocycles. The number of hydrogen-bond donors (Lipinski definition) is 1. The summed E-state index contributed by atoms with van der Waals surface area (Å²) in [6.07, 6.45) is -6.13. The number of nitrogens with zero attached hydrogens (tertiary/aromatic N) is 6. The number of aromatic nitrogens is 4. The van der Waals surface area contributed by atoms with Crippen molar-refractivity contribution < 1.29 is 44.7 Å². The number of fused-ring (bicyclic) bond motifs is 4. The largest absolute Gasteiger partial charge is 0.481 e. The van der Waals surface area contributed by atoms with E-state index in [-0.39, 0.29) is 36.2 Å². The van der Waals surface area contributed by atoms with Crippen molar-refractivity contribution in [2.24, 2.45) is 0 Å². The number of piperidine rings is 1. The number of carboxylic acid groups (broad SMARTS) is 1. The first-order chi connectivity index (χ1) is 22.5. The van der Waals surface area contributed by atoms with E-state index in [0.717, 1.165) is 27.7 Å². The molecule has 10 nitrogen and oxygen atoms in total. The Morgan fingerprint density at radius 3 is 2.48 bits per heavy atom. The summed E-state index contributed by atoms with van der Waals surface area (Å²) in [5, 5.41) is 16.8. The summed E-state index contributed by atoms with van der Waals surface area (Å²) in [4.78, 5) is 17.3. The SMILES string of the molecule is Cc1ccc([C@H](CC(=O)O)c2ccn3c(C(F)(F)F)nnc3c2C)cc1CN1CC2CCCCN2c2ncc(C(F)(F)F)cc2S1(=O)=O. The van der Waals surface area contributed by atoms with Crippen molar-refractivity contribution in [1.82, 2.24) is 23.9 Å². The third kappa shape index (κ3) is 6.08. The molecule has 1 saturated heterocycles. The van der Waals surface area contributed by atoms with Crippen molar-refractivity contribution in [2.75, 3.05) is 18.0 Å². The summed E-state index contributed by atoms with van der Waals surface area (Å²) in [5.74, 6) is -3.30. The van der Waals surface area contributed by atoms with Crippen LogP contribution in [-0.2, 0) is 33.7 Å². The lowest BCUT2D eigenvalue weighted by molar-refractivity contribution is -0.145.